The Morgan fingerprint density at radius 2 is 1.90 bits per heavy atom. The van der Waals surface area contributed by atoms with E-state index in [0.717, 1.165) is 16.0 Å². The van der Waals surface area contributed by atoms with Gasteiger partial charge in [-0.25, -0.2) is 4.79 Å². The van der Waals surface area contributed by atoms with E-state index in [1.165, 1.54) is 4.90 Å². The zero-order valence-corrected chi connectivity index (χ0v) is 11.7. The van der Waals surface area contributed by atoms with E-state index in [1.807, 2.05) is 31.2 Å². The van der Waals surface area contributed by atoms with E-state index in [1.54, 1.807) is 7.05 Å². The third-order valence-corrected chi connectivity index (χ3v) is 2.75. The second-order valence-corrected chi connectivity index (χ2v) is 4.58. The Morgan fingerprint density at radius 1 is 1.30 bits per heavy atom. The molecule has 0 atom stereocenters. The van der Waals surface area contributed by atoms with Gasteiger partial charge in [0, 0.05) is 13.6 Å². The maximum atomic E-state index is 12.1. The van der Waals surface area contributed by atoms with E-state index in [0.29, 0.717) is 6.54 Å². The minimum atomic E-state index is -1.09. The molecule has 1 aromatic carbocycles. The standard InChI is InChI=1S/C15H18N2O3/c1-4-9-17(11-14(18)19)15(20)16(3)10-13-7-5-12(2)6-8-13/h1,5-8H,9-11H2,2-3H3,(H,18,19). The van der Waals surface area contributed by atoms with Crippen LogP contribution in [0.15, 0.2) is 24.3 Å². The fourth-order valence-corrected chi connectivity index (χ4v) is 1.74. The highest BCUT2D eigenvalue weighted by Gasteiger charge is 2.19. The second kappa shape index (κ2) is 7.19. The minimum Gasteiger partial charge on any atom is -0.480 e. The highest BCUT2D eigenvalue weighted by Crippen LogP contribution is 2.07. The number of amides is 2. The first kappa shape index (κ1) is 15.6. The number of benzene rings is 1. The quantitative estimate of drug-likeness (QED) is 0.829. The van der Waals surface area contributed by atoms with Gasteiger partial charge in [0.2, 0.25) is 0 Å². The van der Waals surface area contributed by atoms with E-state index in [-0.39, 0.29) is 6.54 Å². The molecule has 5 heteroatoms. The summed E-state index contributed by atoms with van der Waals surface area (Å²) in [6, 6.07) is 7.39. The molecule has 0 radical (unpaired) electrons. The molecule has 0 aromatic heterocycles. The first-order valence-electron chi connectivity index (χ1n) is 6.15. The van der Waals surface area contributed by atoms with Crippen LogP contribution in [-0.4, -0.2) is 47.0 Å². The zero-order chi connectivity index (χ0) is 15.1. The van der Waals surface area contributed by atoms with Crippen molar-refractivity contribution in [2.75, 3.05) is 20.1 Å². The summed E-state index contributed by atoms with van der Waals surface area (Å²) in [4.78, 5) is 25.4. The Morgan fingerprint density at radius 3 is 2.40 bits per heavy atom. The maximum Gasteiger partial charge on any atom is 0.323 e. The lowest BCUT2D eigenvalue weighted by molar-refractivity contribution is -0.137. The zero-order valence-electron chi connectivity index (χ0n) is 11.7. The smallest absolute Gasteiger partial charge is 0.323 e. The minimum absolute atomic E-state index is 0.0244. The number of hydrogen-bond donors (Lipinski definition) is 1. The first-order chi connectivity index (χ1) is 9.43. The predicted octanol–water partition coefficient (Wildman–Crippen LogP) is 1.57. The van der Waals surface area contributed by atoms with E-state index < -0.39 is 18.5 Å². The van der Waals surface area contributed by atoms with Gasteiger partial charge in [-0.15, -0.1) is 6.42 Å². The van der Waals surface area contributed by atoms with Crippen molar-refractivity contribution in [2.24, 2.45) is 0 Å². The second-order valence-electron chi connectivity index (χ2n) is 4.58. The average molecular weight is 274 g/mol. The van der Waals surface area contributed by atoms with Crippen LogP contribution in [0.25, 0.3) is 0 Å². The van der Waals surface area contributed by atoms with Crippen molar-refractivity contribution in [3.63, 3.8) is 0 Å². The van der Waals surface area contributed by atoms with Crippen molar-refractivity contribution in [2.45, 2.75) is 13.5 Å². The van der Waals surface area contributed by atoms with E-state index in [9.17, 15) is 9.59 Å². The molecular formula is C15H18N2O3. The van der Waals surface area contributed by atoms with Gasteiger partial charge < -0.3 is 14.9 Å². The summed E-state index contributed by atoms with van der Waals surface area (Å²) < 4.78 is 0. The predicted molar refractivity (Wildman–Crippen MR) is 76.1 cm³/mol. The summed E-state index contributed by atoms with van der Waals surface area (Å²) in [5.74, 6) is 1.21. The topological polar surface area (TPSA) is 60.9 Å². The normalized spacial score (nSPS) is 9.65. The van der Waals surface area contributed by atoms with Gasteiger partial charge >= 0.3 is 12.0 Å². The molecule has 1 rings (SSSR count). The molecule has 0 bridgehead atoms. The average Bonchev–Trinajstić information content (AvgIpc) is 2.39. The van der Waals surface area contributed by atoms with Gasteiger partial charge in [0.1, 0.15) is 6.54 Å². The Hall–Kier alpha value is -2.48. The largest absolute Gasteiger partial charge is 0.480 e. The maximum absolute atomic E-state index is 12.1. The van der Waals surface area contributed by atoms with Crippen LogP contribution in [0.4, 0.5) is 4.79 Å². The molecule has 0 aliphatic heterocycles. The molecule has 0 aliphatic rings. The number of rotatable bonds is 5. The van der Waals surface area contributed by atoms with Crippen LogP contribution in [0, 0.1) is 19.3 Å². The number of carbonyl (C=O) groups excluding carboxylic acids is 1. The summed E-state index contributed by atoms with van der Waals surface area (Å²) in [5, 5.41) is 8.78. The lowest BCUT2D eigenvalue weighted by Crippen LogP contribution is -2.43. The molecule has 0 aliphatic carbocycles. The molecule has 0 saturated carbocycles. The SMILES string of the molecule is C#CCN(CC(=O)O)C(=O)N(C)Cc1ccc(C)cc1. The number of carboxylic acids is 1. The number of nitrogens with zero attached hydrogens (tertiary/aromatic N) is 2. The molecule has 1 aromatic rings. The van der Waals surface area contributed by atoms with Crippen molar-refractivity contribution in [3.05, 3.63) is 35.4 Å². The van der Waals surface area contributed by atoms with Crippen LogP contribution in [0.3, 0.4) is 0 Å². The fourth-order valence-electron chi connectivity index (χ4n) is 1.74. The van der Waals surface area contributed by atoms with Crippen LogP contribution in [-0.2, 0) is 11.3 Å². The van der Waals surface area contributed by atoms with Gasteiger partial charge in [-0.3, -0.25) is 4.79 Å². The van der Waals surface area contributed by atoms with Crippen LogP contribution in [0.1, 0.15) is 11.1 Å². The van der Waals surface area contributed by atoms with Gasteiger partial charge in [0.05, 0.1) is 6.54 Å². The summed E-state index contributed by atoms with van der Waals surface area (Å²) in [5.41, 5.74) is 2.12. The Balaban J connectivity index is 2.71. The number of hydrogen-bond acceptors (Lipinski definition) is 2. The monoisotopic (exact) mass is 274 g/mol. The van der Waals surface area contributed by atoms with Crippen molar-refractivity contribution in [1.82, 2.24) is 9.80 Å². The third-order valence-electron chi connectivity index (χ3n) is 2.75. The number of carboxylic acid groups (broad SMARTS) is 1. The molecule has 106 valence electrons. The molecule has 0 fully saturated rings. The van der Waals surface area contributed by atoms with E-state index >= 15 is 0 Å². The highest BCUT2D eigenvalue weighted by atomic mass is 16.4. The van der Waals surface area contributed by atoms with Gasteiger partial charge in [-0.05, 0) is 12.5 Å². The molecule has 0 unspecified atom stereocenters. The highest BCUT2D eigenvalue weighted by molar-refractivity contribution is 5.80. The van der Waals surface area contributed by atoms with E-state index in [4.69, 9.17) is 11.5 Å². The van der Waals surface area contributed by atoms with Gasteiger partial charge in [0.15, 0.2) is 0 Å². The van der Waals surface area contributed by atoms with Crippen LogP contribution in [0.2, 0.25) is 0 Å². The van der Waals surface area contributed by atoms with Crippen molar-refractivity contribution < 1.29 is 14.7 Å². The van der Waals surface area contributed by atoms with Crippen molar-refractivity contribution in [1.29, 1.82) is 0 Å². The Bertz CT molecular complexity index is 517. The van der Waals surface area contributed by atoms with Gasteiger partial charge in [0.25, 0.3) is 0 Å². The molecule has 20 heavy (non-hydrogen) atoms. The number of aryl methyl sites for hydroxylation is 1. The molecule has 0 heterocycles. The summed E-state index contributed by atoms with van der Waals surface area (Å²) in [6.45, 7) is 1.96. The number of carbonyl (C=O) groups is 2. The molecule has 0 spiro atoms. The third kappa shape index (κ3) is 4.65. The van der Waals surface area contributed by atoms with Gasteiger partial charge in [-0.2, -0.15) is 0 Å². The summed E-state index contributed by atoms with van der Waals surface area (Å²) in [6.07, 6.45) is 5.16. The lowest BCUT2D eigenvalue weighted by Gasteiger charge is -2.25. The molecule has 2 amide bonds. The molecule has 5 nitrogen and oxygen atoms in total. The summed E-state index contributed by atoms with van der Waals surface area (Å²) >= 11 is 0. The number of aliphatic carboxylic acids is 1. The van der Waals surface area contributed by atoms with Crippen LogP contribution in [0.5, 0.6) is 0 Å². The number of urea groups is 1. The Labute approximate surface area is 118 Å². The fraction of sp³-hybridized carbons (Fsp3) is 0.333. The van der Waals surface area contributed by atoms with Crippen molar-refractivity contribution in [3.8, 4) is 12.3 Å². The molecular weight excluding hydrogens is 256 g/mol. The van der Waals surface area contributed by atoms with Crippen LogP contribution >= 0.6 is 0 Å². The van der Waals surface area contributed by atoms with E-state index in [2.05, 4.69) is 5.92 Å². The number of terminal acetylenes is 1. The molecule has 0 saturated heterocycles. The lowest BCUT2D eigenvalue weighted by atomic mass is 10.1. The Kier molecular flexibility index (Phi) is 5.60. The first-order valence-corrected chi connectivity index (χ1v) is 6.15. The molecule has 1 N–H and O–H groups in total. The van der Waals surface area contributed by atoms with Crippen molar-refractivity contribution >= 4 is 12.0 Å². The summed E-state index contributed by atoms with van der Waals surface area (Å²) in [7, 11) is 1.62. The van der Waals surface area contributed by atoms with Gasteiger partial charge in [-0.1, -0.05) is 35.7 Å². The van der Waals surface area contributed by atoms with Crippen LogP contribution < -0.4 is 0 Å².